The molecule has 6 nitrogen and oxygen atoms in total. The van der Waals surface area contributed by atoms with E-state index in [4.69, 9.17) is 21.4 Å². The van der Waals surface area contributed by atoms with E-state index in [0.29, 0.717) is 0 Å². The molecule has 1 aromatic carbocycles. The number of rotatable bonds is 4. The second kappa shape index (κ2) is 5.87. The fourth-order valence-electron chi connectivity index (χ4n) is 2.02. The van der Waals surface area contributed by atoms with E-state index in [1.807, 2.05) is 0 Å². The predicted octanol–water partition coefficient (Wildman–Crippen LogP) is 2.19. The van der Waals surface area contributed by atoms with Gasteiger partial charge >= 0.3 is 12.0 Å². The second-order valence-corrected chi connectivity index (χ2v) is 5.45. The molecule has 1 aliphatic heterocycles. The SMILES string of the molecule is CC1(OCC(=O)O)CN(C(=O)Nc2cc(F)ccc2Cl)C1. The average molecular weight is 317 g/mol. The van der Waals surface area contributed by atoms with Crippen molar-refractivity contribution in [2.75, 3.05) is 25.0 Å². The van der Waals surface area contributed by atoms with Crippen molar-refractivity contribution >= 4 is 29.3 Å². The maximum atomic E-state index is 13.1. The van der Waals surface area contributed by atoms with Crippen molar-refractivity contribution in [1.82, 2.24) is 4.90 Å². The van der Waals surface area contributed by atoms with Gasteiger partial charge in [0.05, 0.1) is 23.8 Å². The molecule has 1 heterocycles. The van der Waals surface area contributed by atoms with Gasteiger partial charge in [0.25, 0.3) is 0 Å². The van der Waals surface area contributed by atoms with Crippen molar-refractivity contribution in [1.29, 1.82) is 0 Å². The summed E-state index contributed by atoms with van der Waals surface area (Å²) < 4.78 is 18.3. The molecule has 2 N–H and O–H groups in total. The number of nitrogens with zero attached hydrogens (tertiary/aromatic N) is 1. The number of carbonyl (C=O) groups is 2. The Balaban J connectivity index is 1.89. The molecule has 1 fully saturated rings. The van der Waals surface area contributed by atoms with Gasteiger partial charge in [0, 0.05) is 0 Å². The number of likely N-dealkylation sites (tertiary alicyclic amines) is 1. The van der Waals surface area contributed by atoms with Crippen LogP contribution in [0, 0.1) is 5.82 Å². The standard InChI is InChI=1S/C13H14ClFN2O4/c1-13(21-5-11(18)19)6-17(7-13)12(20)16-10-4-8(15)2-3-9(10)14/h2-4H,5-7H2,1H3,(H,16,20)(H,18,19). The highest BCUT2D eigenvalue weighted by Crippen LogP contribution is 2.27. The van der Waals surface area contributed by atoms with Gasteiger partial charge in [-0.1, -0.05) is 11.6 Å². The molecule has 8 heteroatoms. The van der Waals surface area contributed by atoms with Crippen LogP contribution in [0.25, 0.3) is 0 Å². The van der Waals surface area contributed by atoms with Gasteiger partial charge < -0.3 is 20.1 Å². The van der Waals surface area contributed by atoms with Gasteiger partial charge in [-0.25, -0.2) is 14.0 Å². The quantitative estimate of drug-likeness (QED) is 0.892. The van der Waals surface area contributed by atoms with Crippen molar-refractivity contribution in [2.45, 2.75) is 12.5 Å². The molecule has 1 aromatic rings. The smallest absolute Gasteiger partial charge is 0.329 e. The number of carboxylic acids is 1. The zero-order valence-electron chi connectivity index (χ0n) is 11.2. The molecule has 0 bridgehead atoms. The lowest BCUT2D eigenvalue weighted by atomic mass is 9.97. The summed E-state index contributed by atoms with van der Waals surface area (Å²) >= 11 is 5.86. The molecule has 2 rings (SSSR count). The molecule has 0 saturated carbocycles. The second-order valence-electron chi connectivity index (χ2n) is 5.04. The number of hydrogen-bond donors (Lipinski definition) is 2. The van der Waals surface area contributed by atoms with Crippen LogP contribution in [0.3, 0.4) is 0 Å². The van der Waals surface area contributed by atoms with Gasteiger partial charge in [0.1, 0.15) is 18.0 Å². The van der Waals surface area contributed by atoms with Gasteiger partial charge in [-0.15, -0.1) is 0 Å². The zero-order valence-corrected chi connectivity index (χ0v) is 12.0. The third-order valence-corrected chi connectivity index (χ3v) is 3.38. The Morgan fingerprint density at radius 1 is 1.52 bits per heavy atom. The van der Waals surface area contributed by atoms with Gasteiger partial charge in [-0.3, -0.25) is 0 Å². The van der Waals surface area contributed by atoms with Crippen LogP contribution in [0.4, 0.5) is 14.9 Å². The molecule has 0 aromatic heterocycles. The van der Waals surface area contributed by atoms with Crippen LogP contribution in [-0.4, -0.2) is 47.3 Å². The highest BCUT2D eigenvalue weighted by atomic mass is 35.5. The molecule has 114 valence electrons. The molecule has 2 amide bonds. The fraction of sp³-hybridized carbons (Fsp3) is 0.385. The van der Waals surface area contributed by atoms with Crippen molar-refractivity contribution in [3.8, 4) is 0 Å². The maximum absolute atomic E-state index is 13.1. The van der Waals surface area contributed by atoms with Crippen molar-refractivity contribution in [2.24, 2.45) is 0 Å². The average Bonchev–Trinajstić information content (AvgIpc) is 2.37. The Morgan fingerprint density at radius 3 is 2.81 bits per heavy atom. The number of carbonyl (C=O) groups excluding carboxylic acids is 1. The number of nitrogens with one attached hydrogen (secondary N) is 1. The number of amides is 2. The normalized spacial score (nSPS) is 16.2. The number of urea groups is 1. The Labute approximate surface area is 125 Å². The lowest BCUT2D eigenvalue weighted by Crippen LogP contribution is -2.64. The summed E-state index contributed by atoms with van der Waals surface area (Å²) in [5, 5.41) is 11.3. The number of carboxylic acid groups (broad SMARTS) is 1. The molecule has 21 heavy (non-hydrogen) atoms. The summed E-state index contributed by atoms with van der Waals surface area (Å²) in [5.41, 5.74) is -0.497. The number of halogens is 2. The van der Waals surface area contributed by atoms with Crippen molar-refractivity contribution < 1.29 is 23.8 Å². The summed E-state index contributed by atoms with van der Waals surface area (Å²) in [7, 11) is 0. The van der Waals surface area contributed by atoms with E-state index in [1.54, 1.807) is 6.92 Å². The van der Waals surface area contributed by atoms with Crippen LogP contribution in [0.15, 0.2) is 18.2 Å². The third kappa shape index (κ3) is 3.83. The molecule has 0 unspecified atom stereocenters. The predicted molar refractivity (Wildman–Crippen MR) is 74.0 cm³/mol. The number of aliphatic carboxylic acids is 1. The minimum atomic E-state index is -1.06. The molecular formula is C13H14ClFN2O4. The van der Waals surface area contributed by atoms with Crippen LogP contribution >= 0.6 is 11.6 Å². The summed E-state index contributed by atoms with van der Waals surface area (Å²) in [6.07, 6.45) is 0. The van der Waals surface area contributed by atoms with Gasteiger partial charge in [-0.05, 0) is 25.1 Å². The first-order valence-electron chi connectivity index (χ1n) is 6.16. The number of anilines is 1. The van der Waals surface area contributed by atoms with Gasteiger partial charge in [0.15, 0.2) is 0 Å². The maximum Gasteiger partial charge on any atom is 0.329 e. The van der Waals surface area contributed by atoms with E-state index in [1.165, 1.54) is 17.0 Å². The fourth-order valence-corrected chi connectivity index (χ4v) is 2.18. The molecule has 1 aliphatic rings. The molecular weight excluding hydrogens is 303 g/mol. The number of ether oxygens (including phenoxy) is 1. The van der Waals surface area contributed by atoms with E-state index in [-0.39, 0.29) is 23.8 Å². The van der Waals surface area contributed by atoms with Crippen LogP contribution in [0.2, 0.25) is 5.02 Å². The molecule has 0 radical (unpaired) electrons. The van der Waals surface area contributed by atoms with E-state index in [0.717, 1.165) is 6.07 Å². The topological polar surface area (TPSA) is 78.9 Å². The Bertz CT molecular complexity index is 575. The van der Waals surface area contributed by atoms with Crippen molar-refractivity contribution in [3.63, 3.8) is 0 Å². The first-order valence-corrected chi connectivity index (χ1v) is 6.54. The van der Waals surface area contributed by atoms with Crippen LogP contribution < -0.4 is 5.32 Å². The van der Waals surface area contributed by atoms with Gasteiger partial charge in [0.2, 0.25) is 0 Å². The Hall–Kier alpha value is -1.86. The minimum absolute atomic E-state index is 0.182. The molecule has 0 spiro atoms. The Morgan fingerprint density at radius 2 is 2.19 bits per heavy atom. The molecule has 0 aliphatic carbocycles. The lowest BCUT2D eigenvalue weighted by molar-refractivity contribution is -0.159. The number of hydrogen-bond acceptors (Lipinski definition) is 3. The Kier molecular flexibility index (Phi) is 4.34. The first-order chi connectivity index (χ1) is 9.79. The van der Waals surface area contributed by atoms with E-state index < -0.39 is 30.0 Å². The van der Waals surface area contributed by atoms with Crippen LogP contribution in [0.5, 0.6) is 0 Å². The summed E-state index contributed by atoms with van der Waals surface area (Å²) in [6.45, 7) is 1.80. The monoisotopic (exact) mass is 316 g/mol. The van der Waals surface area contributed by atoms with Crippen molar-refractivity contribution in [3.05, 3.63) is 29.0 Å². The van der Waals surface area contributed by atoms with E-state index in [2.05, 4.69) is 5.32 Å². The number of benzene rings is 1. The minimum Gasteiger partial charge on any atom is -0.480 e. The van der Waals surface area contributed by atoms with E-state index in [9.17, 15) is 14.0 Å². The first kappa shape index (κ1) is 15.5. The third-order valence-electron chi connectivity index (χ3n) is 3.05. The highest BCUT2D eigenvalue weighted by molar-refractivity contribution is 6.33. The summed E-state index contributed by atoms with van der Waals surface area (Å²) in [6, 6.07) is 3.22. The molecule has 0 atom stereocenters. The van der Waals surface area contributed by atoms with Crippen LogP contribution in [0.1, 0.15) is 6.92 Å². The molecule has 1 saturated heterocycles. The van der Waals surface area contributed by atoms with Gasteiger partial charge in [-0.2, -0.15) is 0 Å². The summed E-state index contributed by atoms with van der Waals surface area (Å²) in [4.78, 5) is 23.8. The largest absolute Gasteiger partial charge is 0.480 e. The highest BCUT2D eigenvalue weighted by Gasteiger charge is 2.42. The summed E-state index contributed by atoms with van der Waals surface area (Å²) in [5.74, 6) is -1.57. The van der Waals surface area contributed by atoms with Crippen LogP contribution in [-0.2, 0) is 9.53 Å². The zero-order chi connectivity index (χ0) is 15.6. The lowest BCUT2D eigenvalue weighted by Gasteiger charge is -2.46. The van der Waals surface area contributed by atoms with E-state index >= 15 is 0 Å².